The predicted octanol–water partition coefficient (Wildman–Crippen LogP) is 11.1. The number of allylic oxidation sites excluding steroid dienone is 2. The zero-order valence-electron chi connectivity index (χ0n) is 27.3. The quantitative estimate of drug-likeness (QED) is 0.0258. The molecule has 0 aromatic carbocycles. The van der Waals surface area contributed by atoms with Crippen LogP contribution in [0.3, 0.4) is 0 Å². The fraction of sp³-hybridized carbons (Fsp3) is 0.806. The highest BCUT2D eigenvalue weighted by molar-refractivity contribution is 7.78. The molecule has 0 heterocycles. The monoisotopic (exact) mass is 605 g/mol. The van der Waals surface area contributed by atoms with Gasteiger partial charge in [0.1, 0.15) is 13.2 Å². The number of isothiocyanates is 1. The SMILES string of the molecule is CCCCCCCC/C=C\COC(=O)CCCCCC(CCCCCC(=O)OC/C=C\CCCCCCCC)N=C=S. The number of nitrogens with zero attached hydrogens (tertiary/aromatic N) is 1. The summed E-state index contributed by atoms with van der Waals surface area (Å²) in [6.07, 6.45) is 34.4. The number of carbonyl (C=O) groups is 2. The van der Waals surface area contributed by atoms with Gasteiger partial charge in [0.15, 0.2) is 0 Å². The third kappa shape index (κ3) is 31.2. The molecule has 5 nitrogen and oxygen atoms in total. The second-order valence-electron chi connectivity index (χ2n) is 11.5. The molecule has 0 spiro atoms. The second-order valence-corrected chi connectivity index (χ2v) is 11.7. The van der Waals surface area contributed by atoms with E-state index in [1.54, 1.807) is 0 Å². The van der Waals surface area contributed by atoms with Crippen molar-refractivity contribution in [3.63, 3.8) is 0 Å². The van der Waals surface area contributed by atoms with E-state index in [9.17, 15) is 9.59 Å². The van der Waals surface area contributed by atoms with Crippen LogP contribution in [0.25, 0.3) is 0 Å². The topological polar surface area (TPSA) is 65.0 Å². The van der Waals surface area contributed by atoms with Crippen molar-refractivity contribution in [1.29, 1.82) is 0 Å². The fourth-order valence-electron chi connectivity index (χ4n) is 4.88. The highest BCUT2D eigenvalue weighted by Gasteiger charge is 2.08. The van der Waals surface area contributed by atoms with Gasteiger partial charge < -0.3 is 9.47 Å². The van der Waals surface area contributed by atoms with Gasteiger partial charge in [-0.15, -0.1) is 0 Å². The molecule has 42 heavy (non-hydrogen) atoms. The molecule has 0 bridgehead atoms. The third-order valence-electron chi connectivity index (χ3n) is 7.53. The molecular weight excluding hydrogens is 542 g/mol. The second kappa shape index (κ2) is 33.7. The lowest BCUT2D eigenvalue weighted by Gasteiger charge is -2.11. The third-order valence-corrected chi connectivity index (χ3v) is 7.64. The molecule has 0 saturated heterocycles. The smallest absolute Gasteiger partial charge is 0.306 e. The lowest BCUT2D eigenvalue weighted by atomic mass is 10.0. The Hall–Kier alpha value is -1.78. The molecule has 0 radical (unpaired) electrons. The van der Waals surface area contributed by atoms with Gasteiger partial charge in [0.25, 0.3) is 0 Å². The molecule has 6 heteroatoms. The van der Waals surface area contributed by atoms with E-state index in [1.807, 2.05) is 12.2 Å². The molecule has 0 fully saturated rings. The van der Waals surface area contributed by atoms with Gasteiger partial charge >= 0.3 is 11.9 Å². The molecule has 0 aliphatic carbocycles. The molecule has 242 valence electrons. The highest BCUT2D eigenvalue weighted by atomic mass is 32.1. The number of carbonyl (C=O) groups excluding carboxylic acids is 2. The van der Waals surface area contributed by atoms with Gasteiger partial charge in [-0.1, -0.05) is 128 Å². The fourth-order valence-corrected chi connectivity index (χ4v) is 5.03. The normalized spacial score (nSPS) is 11.4. The van der Waals surface area contributed by atoms with Crippen LogP contribution in [0.2, 0.25) is 0 Å². The maximum Gasteiger partial charge on any atom is 0.306 e. The molecule has 0 aromatic rings. The number of unbranched alkanes of at least 4 members (excludes halogenated alkanes) is 16. The Morgan fingerprint density at radius 2 is 1.00 bits per heavy atom. The van der Waals surface area contributed by atoms with Gasteiger partial charge in [0.05, 0.1) is 11.2 Å². The number of aliphatic imine (C=N–C) groups is 1. The van der Waals surface area contributed by atoms with Crippen molar-refractivity contribution in [2.75, 3.05) is 13.2 Å². The number of thiocarbonyl (C=S) groups is 1. The molecule has 0 aliphatic rings. The number of rotatable bonds is 31. The Morgan fingerprint density at radius 3 is 1.43 bits per heavy atom. The summed E-state index contributed by atoms with van der Waals surface area (Å²) in [6, 6.07) is 0.176. The Labute approximate surface area is 264 Å². The minimum atomic E-state index is -0.115. The zero-order chi connectivity index (χ0) is 30.8. The van der Waals surface area contributed by atoms with E-state index in [2.05, 4.69) is 36.2 Å². The minimum Gasteiger partial charge on any atom is -0.461 e. The molecule has 0 saturated carbocycles. The molecule has 0 amide bonds. The van der Waals surface area contributed by atoms with Gasteiger partial charge in [-0.2, -0.15) is 0 Å². The van der Waals surface area contributed by atoms with E-state index in [4.69, 9.17) is 21.7 Å². The summed E-state index contributed by atoms with van der Waals surface area (Å²) < 4.78 is 10.6. The van der Waals surface area contributed by atoms with E-state index in [-0.39, 0.29) is 18.0 Å². The molecular formula is C36H63NO4S. The summed E-state index contributed by atoms with van der Waals surface area (Å²) in [5.74, 6) is -0.231. The maximum atomic E-state index is 11.9. The first-order valence-electron chi connectivity index (χ1n) is 17.3. The van der Waals surface area contributed by atoms with E-state index in [1.165, 1.54) is 77.0 Å². The van der Waals surface area contributed by atoms with Crippen LogP contribution in [-0.4, -0.2) is 36.4 Å². The lowest BCUT2D eigenvalue weighted by Crippen LogP contribution is -2.06. The van der Waals surface area contributed by atoms with Crippen molar-refractivity contribution in [3.8, 4) is 0 Å². The van der Waals surface area contributed by atoms with Crippen LogP contribution in [-0.2, 0) is 19.1 Å². The van der Waals surface area contributed by atoms with E-state index < -0.39 is 0 Å². The van der Waals surface area contributed by atoms with Crippen LogP contribution in [0.1, 0.15) is 168 Å². The Morgan fingerprint density at radius 1 is 0.595 bits per heavy atom. The largest absolute Gasteiger partial charge is 0.461 e. The van der Waals surface area contributed by atoms with Crippen LogP contribution >= 0.6 is 12.2 Å². The number of hydrogen-bond acceptors (Lipinski definition) is 6. The van der Waals surface area contributed by atoms with Crippen molar-refractivity contribution in [2.45, 2.75) is 174 Å². The number of hydrogen-bond donors (Lipinski definition) is 0. The summed E-state index contributed by atoms with van der Waals surface area (Å²) >= 11 is 4.84. The van der Waals surface area contributed by atoms with Crippen molar-refractivity contribution >= 4 is 29.3 Å². The summed E-state index contributed by atoms with van der Waals surface area (Å²) in [6.45, 7) is 5.24. The molecule has 0 aromatic heterocycles. The summed E-state index contributed by atoms with van der Waals surface area (Å²) in [5.41, 5.74) is 0. The van der Waals surface area contributed by atoms with Crippen LogP contribution in [0.5, 0.6) is 0 Å². The Balaban J connectivity index is 3.70. The van der Waals surface area contributed by atoms with Crippen molar-refractivity contribution in [2.24, 2.45) is 4.99 Å². The average molecular weight is 606 g/mol. The van der Waals surface area contributed by atoms with Crippen LogP contribution < -0.4 is 0 Å². The van der Waals surface area contributed by atoms with Crippen LogP contribution in [0.15, 0.2) is 29.3 Å². The highest BCUT2D eigenvalue weighted by Crippen LogP contribution is 2.16. The average Bonchev–Trinajstić information content (AvgIpc) is 2.98. The first kappa shape index (κ1) is 40.2. The number of esters is 2. The predicted molar refractivity (Wildman–Crippen MR) is 181 cm³/mol. The standard InChI is InChI=1S/C36H63NO4S/c1-3-5-7-9-11-13-15-17-25-31-40-35(38)29-23-19-21-27-34(37-33-42)28-22-20-24-30-36(39)41-32-26-18-16-14-12-10-8-6-4-2/h17-18,25-26,34H,3-16,19-24,27-32H2,1-2H3/b25-17-,26-18-. The van der Waals surface area contributed by atoms with Gasteiger partial charge in [-0.3, -0.25) is 9.59 Å². The van der Waals surface area contributed by atoms with Crippen molar-refractivity contribution < 1.29 is 19.1 Å². The van der Waals surface area contributed by atoms with Gasteiger partial charge in [0.2, 0.25) is 0 Å². The molecule has 0 unspecified atom stereocenters. The van der Waals surface area contributed by atoms with E-state index in [0.717, 1.165) is 64.2 Å². The zero-order valence-corrected chi connectivity index (χ0v) is 28.1. The molecule has 0 N–H and O–H groups in total. The summed E-state index contributed by atoms with van der Waals surface area (Å²) in [4.78, 5) is 28.2. The van der Waals surface area contributed by atoms with Crippen molar-refractivity contribution in [1.82, 2.24) is 0 Å². The van der Waals surface area contributed by atoms with E-state index >= 15 is 0 Å². The maximum absolute atomic E-state index is 11.9. The Kier molecular flexibility index (Phi) is 32.3. The molecule has 0 atom stereocenters. The Bertz CT molecular complexity index is 678. The lowest BCUT2D eigenvalue weighted by molar-refractivity contribution is -0.143. The van der Waals surface area contributed by atoms with Crippen LogP contribution in [0, 0.1) is 0 Å². The minimum absolute atomic E-state index is 0.115. The summed E-state index contributed by atoms with van der Waals surface area (Å²) in [7, 11) is 0. The first-order chi connectivity index (χ1) is 20.6. The van der Waals surface area contributed by atoms with Gasteiger partial charge in [0, 0.05) is 12.8 Å². The number of ether oxygens (including phenoxy) is 2. The first-order valence-corrected chi connectivity index (χ1v) is 17.7. The molecule has 0 rings (SSSR count). The van der Waals surface area contributed by atoms with Gasteiger partial charge in [-0.05, 0) is 63.6 Å². The van der Waals surface area contributed by atoms with Crippen molar-refractivity contribution in [3.05, 3.63) is 24.3 Å². The van der Waals surface area contributed by atoms with Crippen LogP contribution in [0.4, 0.5) is 0 Å². The molecule has 0 aliphatic heterocycles. The van der Waals surface area contributed by atoms with Gasteiger partial charge in [-0.25, -0.2) is 4.99 Å². The van der Waals surface area contributed by atoms with E-state index in [0.29, 0.717) is 26.1 Å². The summed E-state index contributed by atoms with van der Waals surface area (Å²) in [5, 5.41) is 2.54.